The molecule has 2 aliphatic rings. The molecule has 32 N–H and O–H groups in total. The number of carboxylic acid groups (broad SMARTS) is 6. The molecule has 62 nitrogen and oxygen atoms in total. The minimum atomic E-state index is -5.79. The summed E-state index contributed by atoms with van der Waals surface area (Å²) >= 11 is 0. The number of nitrogens with zero attached hydrogens (tertiary/aromatic N) is 5. The van der Waals surface area contributed by atoms with Gasteiger partial charge in [0.25, 0.3) is 0 Å². The van der Waals surface area contributed by atoms with Crippen molar-refractivity contribution in [3.8, 4) is 23.7 Å². The van der Waals surface area contributed by atoms with Crippen LogP contribution in [0.2, 0.25) is 0 Å². The zero-order valence-corrected chi connectivity index (χ0v) is 80.0. The number of aliphatic carboxylic acids is 6. The predicted molar refractivity (Wildman–Crippen MR) is 473 cm³/mol. The summed E-state index contributed by atoms with van der Waals surface area (Å²) in [5.74, 6) is -2.95. The molecule has 0 spiro atoms. The van der Waals surface area contributed by atoms with E-state index in [0.29, 0.717) is 48.1 Å². The number of phosphoric ester groups is 2. The highest BCUT2D eigenvalue weighted by atomic mass is 33.1. The van der Waals surface area contributed by atoms with Gasteiger partial charge >= 0.3 is 88.4 Å². The van der Waals surface area contributed by atoms with Crippen LogP contribution in [0.15, 0.2) is 23.5 Å². The third kappa shape index (κ3) is 47.8. The molecule has 16 atom stereocenters. The van der Waals surface area contributed by atoms with E-state index >= 15 is 0 Å². The van der Waals surface area contributed by atoms with Gasteiger partial charge in [0, 0.05) is 87.0 Å². The monoisotopic (exact) mass is 2160 g/mol. The minimum absolute atomic E-state index is 0.00811. The molecule has 5 heterocycles. The molecule has 0 radical (unpaired) electrons. The van der Waals surface area contributed by atoms with Gasteiger partial charge in [-0.05, 0) is 25.7 Å². The number of ether oxygens (including phenoxy) is 2. The Morgan fingerprint density at radius 2 is 0.848 bits per heavy atom. The zero-order valence-electron chi connectivity index (χ0n) is 71.4. The quantitative estimate of drug-likeness (QED) is 0.0109. The number of amides is 8. The van der Waals surface area contributed by atoms with E-state index < -0.39 is 236 Å². The van der Waals surface area contributed by atoms with E-state index in [0.717, 1.165) is 17.1 Å². The minimum Gasteiger partial charge on any atom is -0.481 e. The van der Waals surface area contributed by atoms with Crippen molar-refractivity contribution in [3.63, 3.8) is 0 Å². The molecule has 3 aromatic rings. The third-order valence-corrected chi connectivity index (χ3v) is 29.9. The second-order valence-corrected chi connectivity index (χ2v) is 42.6. The van der Waals surface area contributed by atoms with Crippen LogP contribution in [0, 0.1) is 23.7 Å². The Hall–Kier alpha value is -9.22. The lowest BCUT2D eigenvalue weighted by Gasteiger charge is -2.19. The second-order valence-electron chi connectivity index (χ2n) is 28.5. The molecule has 72 heteroatoms. The van der Waals surface area contributed by atoms with Gasteiger partial charge in [0.1, 0.15) is 72.4 Å². The molecule has 2 saturated heterocycles. The third-order valence-electron chi connectivity index (χ3n) is 17.4. The van der Waals surface area contributed by atoms with Crippen LogP contribution in [0.4, 0.5) is 11.6 Å². The molecule has 3 aromatic heterocycles. The molecule has 0 aromatic carbocycles. The average Bonchev–Trinajstić information content (AvgIpc) is 1.61. The summed E-state index contributed by atoms with van der Waals surface area (Å²) in [6.45, 7) is -1.69. The Bertz CT molecular complexity index is 5330. The van der Waals surface area contributed by atoms with Gasteiger partial charge in [0.2, 0.25) is 47.3 Å². The molecule has 10 unspecified atom stereocenters. The molecular formula is C66H99N17O45P6S4. The molecule has 2 fully saturated rings. The molecule has 0 saturated carbocycles. The maximum absolute atomic E-state index is 12.6. The molecular weight excluding hydrogens is 2060 g/mol. The summed E-state index contributed by atoms with van der Waals surface area (Å²) in [7, 11) is -28.7. The summed E-state index contributed by atoms with van der Waals surface area (Å²) in [4.78, 5) is 263. The van der Waals surface area contributed by atoms with Crippen LogP contribution in [0.5, 0.6) is 0 Å². The standard InChI is InChI=1S/C34H50N9O22P3S2.C32H49N8O23P3S2/c35-19(32(51)38-8-3-1-2-6-25(46)41-20(11-27(47)48)33(52)42-21(34(53)54)12-28(49)50)16-70-69-10-7-24(45)37-9-4-5-18-14-43(31-29(18)30(36)39-17-40-31)26-13-22(44)23(63-26)15-62-67(58,59)65-68(60,61)64-66(55,56)57;33-18(29(48)36-8-3-1-2-6-24(43)37-19(11-26(44)45)30(49)38-20(31(50)51)12-27(46)47)16-68-67-10-7-23(42)35-9-4-5-17-14-40(32(52)39-28(17)34)25-13-21(41)22(61-25)15-60-65(56,57)63-66(58,59)62-64(53,54)55/h14,17,19-23,26,44H,1-3,6-13,15-16,35H2,(H,37,45)(H,38,51)(H,41,46)(H,42,52)(H,47,48)(H,49,50)(H,53,54)(H,58,59)(H,60,61)(H2,36,39,40)(H2,55,56,57);14,18-22,25,41H,1-3,6-13,15-16,33H2,(H,35,42)(H,36,48)(H,37,43)(H,38,49)(H,44,45)(H,46,47)(H,50,51)(H,56,57)(H,58,59)(H2,34,39,52)(H2,53,54,55)/t19?,20?,21?,22-,23-,26-;18?,19?,20?,21-,22-,25-/m11/s1. The maximum Gasteiger partial charge on any atom is 0.490 e. The average molecular weight is 2160 g/mol. The van der Waals surface area contributed by atoms with Gasteiger partial charge in [-0.3, -0.25) is 71.1 Å². The SMILES string of the molecule is Nc1nc(=O)n([C@H]2C[C@@H](O)[C@@H](COP(=O)(O)OP(=O)(O)OP(=O)(O)O)O2)cc1C#CCNC(=O)CCSSCC(N)C(=O)NCCCCCC(=O)NC(CC(=O)O)C(=O)NC(CC(=O)O)C(=O)O.Nc1ncnc2c1c(C#CCNC(=O)CCSSCC(N)C(=O)NCCCCCC(=O)NC(CC(=O)O)C(=O)NC(CC(=O)O)C(=O)O)cn2[C@H]1C[C@@H](O)[C@@H](COP(=O)(O)OP(=O)(O)OP(=O)(O)O)O1. The Morgan fingerprint density at radius 1 is 0.464 bits per heavy atom. The first kappa shape index (κ1) is 121. The van der Waals surface area contributed by atoms with Crippen LogP contribution in [-0.2, 0) is 130 Å². The van der Waals surface area contributed by atoms with Crippen LogP contribution >= 0.6 is 90.1 Å². The number of unbranched alkanes of at least 4 members (excludes halogenated alkanes) is 4. The number of anilines is 2. The lowest BCUT2D eigenvalue weighted by atomic mass is 10.1. The molecule has 0 bridgehead atoms. The number of aliphatic hydroxyl groups excluding tert-OH is 2. The summed E-state index contributed by atoms with van der Waals surface area (Å²) in [6, 6.07) is -8.77. The van der Waals surface area contributed by atoms with Crippen molar-refractivity contribution >= 4 is 196 Å². The van der Waals surface area contributed by atoms with Crippen LogP contribution in [-0.4, -0.2) is 310 Å². The van der Waals surface area contributed by atoms with Gasteiger partial charge in [-0.1, -0.05) is 79.7 Å². The van der Waals surface area contributed by atoms with Crippen molar-refractivity contribution in [1.82, 2.24) is 66.6 Å². The zero-order chi connectivity index (χ0) is 104. The first-order valence-corrected chi connectivity index (χ1v) is 53.6. The molecule has 0 aliphatic carbocycles. The van der Waals surface area contributed by atoms with Crippen molar-refractivity contribution < 1.29 is 210 Å². The fourth-order valence-electron chi connectivity index (χ4n) is 11.2. The number of aromatic nitrogens is 5. The number of carbonyl (C=O) groups is 14. The van der Waals surface area contributed by atoms with E-state index in [2.05, 4.69) is 96.8 Å². The van der Waals surface area contributed by atoms with E-state index in [-0.39, 0.29) is 124 Å². The lowest BCUT2D eigenvalue weighted by molar-refractivity contribution is -0.148. The summed E-state index contributed by atoms with van der Waals surface area (Å²) < 4.78 is 106. The number of nitrogens with two attached hydrogens (primary N) is 4. The maximum atomic E-state index is 12.6. The van der Waals surface area contributed by atoms with Gasteiger partial charge in [-0.15, -0.1) is 0 Å². The number of carboxylic acids is 6. The first-order valence-electron chi connectivity index (χ1n) is 39.6. The van der Waals surface area contributed by atoms with E-state index in [1.807, 2.05) is 10.6 Å². The van der Waals surface area contributed by atoms with Crippen molar-refractivity contribution in [2.75, 3.05) is 73.9 Å². The van der Waals surface area contributed by atoms with Gasteiger partial charge in [0.05, 0.1) is 92.8 Å². The van der Waals surface area contributed by atoms with E-state index in [1.54, 1.807) is 0 Å². The van der Waals surface area contributed by atoms with Crippen molar-refractivity contribution in [3.05, 3.63) is 40.3 Å². The van der Waals surface area contributed by atoms with Crippen molar-refractivity contribution in [1.29, 1.82) is 0 Å². The molecule has 5 rings (SSSR count). The topological polar surface area (TPSA) is 1000 Å². The van der Waals surface area contributed by atoms with E-state index in [1.165, 1.54) is 53.9 Å². The number of aliphatic hydroxyl groups is 2. The Labute approximate surface area is 793 Å². The summed E-state index contributed by atoms with van der Waals surface area (Å²) in [5.41, 5.74) is 23.4. The smallest absolute Gasteiger partial charge is 0.481 e. The Kier molecular flexibility index (Phi) is 51.1. The van der Waals surface area contributed by atoms with Gasteiger partial charge in [0.15, 0.2) is 0 Å². The molecule has 772 valence electrons. The van der Waals surface area contributed by atoms with Gasteiger partial charge in [-0.2, -0.15) is 22.2 Å². The van der Waals surface area contributed by atoms with Crippen molar-refractivity contribution in [2.45, 2.75) is 176 Å². The Morgan fingerprint density at radius 3 is 1.24 bits per heavy atom. The van der Waals surface area contributed by atoms with Gasteiger partial charge in [-0.25, -0.2) is 51.7 Å². The first-order chi connectivity index (χ1) is 64.2. The molecule has 138 heavy (non-hydrogen) atoms. The highest BCUT2D eigenvalue weighted by molar-refractivity contribution is 8.77. The number of carbonyl (C=O) groups excluding carboxylic acids is 8. The number of nitrogens with one attached hydrogen (secondary N) is 8. The fourth-order valence-corrected chi connectivity index (χ4v) is 21.5. The Balaban J connectivity index is 0.000000577. The summed E-state index contributed by atoms with van der Waals surface area (Å²) in [6.07, 6.45) is -6.02. The number of nitrogen functional groups attached to an aromatic ring is 2. The number of hydrogen-bond acceptors (Lipinski definition) is 42. The molecule has 8 amide bonds. The van der Waals surface area contributed by atoms with Crippen LogP contribution in [0.3, 0.4) is 0 Å². The number of fused-ring (bicyclic) bond motifs is 1. The number of hydrogen-bond donors (Lipinski definition) is 28. The normalized spacial score (nSPS) is 18.8. The molecule has 2 aliphatic heterocycles. The summed E-state index contributed by atoms with van der Waals surface area (Å²) in [5, 5.41) is 94.1. The highest BCUT2D eigenvalue weighted by Crippen LogP contribution is 2.67. The van der Waals surface area contributed by atoms with E-state index in [9.17, 15) is 129 Å². The van der Waals surface area contributed by atoms with Crippen LogP contribution < -0.4 is 71.2 Å². The van der Waals surface area contributed by atoms with Gasteiger partial charge < -0.3 is 160 Å². The second kappa shape index (κ2) is 58.2. The predicted octanol–water partition coefficient (Wildman–Crippen LogP) is -4.68. The van der Waals surface area contributed by atoms with Crippen LogP contribution in [0.1, 0.15) is 126 Å². The number of rotatable bonds is 60. The fraction of sp³-hybridized carbons (Fsp3) is 0.576. The number of phosphoric acid groups is 6. The van der Waals surface area contributed by atoms with E-state index in [4.69, 9.17) is 82.6 Å². The van der Waals surface area contributed by atoms with Crippen molar-refractivity contribution in [2.24, 2.45) is 11.5 Å². The van der Waals surface area contributed by atoms with Crippen LogP contribution in [0.25, 0.3) is 11.0 Å². The lowest BCUT2D eigenvalue weighted by Crippen LogP contribution is -2.52. The largest absolute Gasteiger partial charge is 0.490 e. The highest BCUT2D eigenvalue weighted by Gasteiger charge is 2.46.